The van der Waals surface area contributed by atoms with Gasteiger partial charge in [0.25, 0.3) is 5.91 Å². The second-order valence-electron chi connectivity index (χ2n) is 5.41. The molecule has 0 atom stereocenters. The highest BCUT2D eigenvalue weighted by molar-refractivity contribution is 5.93. The monoisotopic (exact) mass is 368 g/mol. The molecule has 138 valence electrons. The highest BCUT2D eigenvalue weighted by Gasteiger charge is 2.15. The van der Waals surface area contributed by atoms with Crippen LogP contribution in [0.1, 0.15) is 32.3 Å². The Kier molecular flexibility index (Phi) is 5.31. The molecule has 3 aromatic rings. The van der Waals surface area contributed by atoms with Gasteiger partial charge in [0, 0.05) is 5.69 Å². The number of esters is 1. The Morgan fingerprint density at radius 3 is 2.78 bits per heavy atom. The van der Waals surface area contributed by atoms with E-state index in [1.54, 1.807) is 37.3 Å². The molecule has 1 aromatic carbocycles. The maximum Gasteiger partial charge on any atom is 0.379 e. The number of aromatic nitrogens is 2. The number of carbonyl (C=O) groups excluding carboxylic acids is 2. The number of aryl methyl sites for hydroxylation is 1. The van der Waals surface area contributed by atoms with Crippen LogP contribution in [0.2, 0.25) is 0 Å². The molecule has 9 nitrogen and oxygen atoms in total. The first-order chi connectivity index (χ1) is 13.1. The van der Waals surface area contributed by atoms with Crippen molar-refractivity contribution in [2.24, 2.45) is 5.10 Å². The summed E-state index contributed by atoms with van der Waals surface area (Å²) in [5, 5.41) is 10.4. The van der Waals surface area contributed by atoms with Crippen LogP contribution >= 0.6 is 0 Å². The zero-order chi connectivity index (χ0) is 19.2. The Morgan fingerprint density at radius 1 is 1.26 bits per heavy atom. The molecule has 0 fully saturated rings. The minimum Gasteiger partial charge on any atom is -0.493 e. The minimum atomic E-state index is -0.638. The average molecular weight is 368 g/mol. The number of hydrazone groups is 1. The summed E-state index contributed by atoms with van der Waals surface area (Å²) >= 11 is 0. The van der Waals surface area contributed by atoms with Gasteiger partial charge >= 0.3 is 5.97 Å². The van der Waals surface area contributed by atoms with E-state index in [9.17, 15) is 9.59 Å². The second-order valence-corrected chi connectivity index (χ2v) is 5.41. The second kappa shape index (κ2) is 8.00. The molecule has 27 heavy (non-hydrogen) atoms. The molecule has 0 aliphatic carbocycles. The number of H-pyrrole nitrogens is 1. The largest absolute Gasteiger partial charge is 0.493 e. The summed E-state index contributed by atoms with van der Waals surface area (Å²) in [6.07, 6.45) is 2.81. The van der Waals surface area contributed by atoms with E-state index in [1.807, 2.05) is 0 Å². The number of aromatic amines is 1. The van der Waals surface area contributed by atoms with Crippen molar-refractivity contribution >= 4 is 18.1 Å². The number of rotatable bonds is 6. The van der Waals surface area contributed by atoms with Crippen molar-refractivity contribution in [3.05, 3.63) is 65.4 Å². The summed E-state index contributed by atoms with van der Waals surface area (Å²) in [7, 11) is 1.45. The molecule has 2 aromatic heterocycles. The topological polar surface area (TPSA) is 119 Å². The third-order valence-electron chi connectivity index (χ3n) is 3.43. The molecule has 9 heteroatoms. The van der Waals surface area contributed by atoms with Crippen LogP contribution in [0.5, 0.6) is 11.5 Å². The summed E-state index contributed by atoms with van der Waals surface area (Å²) in [5.41, 5.74) is 4.01. The Bertz CT molecular complexity index is 976. The number of furan rings is 1. The lowest BCUT2D eigenvalue weighted by atomic mass is 10.2. The van der Waals surface area contributed by atoms with Gasteiger partial charge in [-0.25, -0.2) is 10.2 Å². The van der Waals surface area contributed by atoms with E-state index >= 15 is 0 Å². The Labute approximate surface area is 154 Å². The van der Waals surface area contributed by atoms with Crippen LogP contribution in [0.25, 0.3) is 0 Å². The molecule has 2 heterocycles. The van der Waals surface area contributed by atoms with Gasteiger partial charge in [0.15, 0.2) is 17.2 Å². The fourth-order valence-electron chi connectivity index (χ4n) is 2.15. The lowest BCUT2D eigenvalue weighted by Gasteiger charge is -2.08. The van der Waals surface area contributed by atoms with Gasteiger partial charge < -0.3 is 13.9 Å². The summed E-state index contributed by atoms with van der Waals surface area (Å²) in [6.45, 7) is 1.79. The minimum absolute atomic E-state index is 0.0824. The Hall–Kier alpha value is -3.88. The van der Waals surface area contributed by atoms with E-state index in [0.717, 1.165) is 5.69 Å². The van der Waals surface area contributed by atoms with E-state index in [0.29, 0.717) is 11.3 Å². The van der Waals surface area contributed by atoms with Crippen molar-refractivity contribution in [1.82, 2.24) is 15.6 Å². The van der Waals surface area contributed by atoms with Gasteiger partial charge in [0.05, 0.1) is 19.6 Å². The summed E-state index contributed by atoms with van der Waals surface area (Å²) < 4.78 is 15.5. The van der Waals surface area contributed by atoms with Crippen molar-refractivity contribution in [2.45, 2.75) is 6.92 Å². The number of methoxy groups -OCH3 is 1. The van der Waals surface area contributed by atoms with Crippen LogP contribution in [-0.4, -0.2) is 35.4 Å². The highest BCUT2D eigenvalue weighted by atomic mass is 16.6. The first-order valence-electron chi connectivity index (χ1n) is 7.86. The van der Waals surface area contributed by atoms with E-state index in [1.165, 1.54) is 25.7 Å². The van der Waals surface area contributed by atoms with Gasteiger partial charge in [-0.15, -0.1) is 0 Å². The van der Waals surface area contributed by atoms with Crippen LogP contribution in [0.3, 0.4) is 0 Å². The van der Waals surface area contributed by atoms with Crippen LogP contribution in [0.15, 0.2) is 52.2 Å². The van der Waals surface area contributed by atoms with Crippen molar-refractivity contribution < 1.29 is 23.5 Å². The predicted octanol–water partition coefficient (Wildman–Crippen LogP) is 2.30. The van der Waals surface area contributed by atoms with Crippen molar-refractivity contribution in [3.63, 3.8) is 0 Å². The molecule has 0 bridgehead atoms. The number of amides is 1. The smallest absolute Gasteiger partial charge is 0.379 e. The van der Waals surface area contributed by atoms with Crippen molar-refractivity contribution in [3.8, 4) is 11.5 Å². The molecule has 0 radical (unpaired) electrons. The number of hydrogen-bond donors (Lipinski definition) is 2. The Balaban J connectivity index is 1.66. The maximum absolute atomic E-state index is 12.0. The van der Waals surface area contributed by atoms with Crippen molar-refractivity contribution in [2.75, 3.05) is 7.11 Å². The average Bonchev–Trinajstić information content (AvgIpc) is 3.34. The molecule has 3 rings (SSSR count). The zero-order valence-corrected chi connectivity index (χ0v) is 14.6. The normalized spacial score (nSPS) is 10.7. The molecule has 1 amide bonds. The lowest BCUT2D eigenvalue weighted by Crippen LogP contribution is -2.18. The number of hydrogen-bond acceptors (Lipinski definition) is 7. The quantitative estimate of drug-likeness (QED) is 0.298. The van der Waals surface area contributed by atoms with Gasteiger partial charge in [-0.3, -0.25) is 9.89 Å². The number of ether oxygens (including phenoxy) is 2. The molecule has 0 unspecified atom stereocenters. The molecule has 0 aliphatic rings. The number of nitrogens with one attached hydrogen (secondary N) is 2. The molecule has 0 saturated carbocycles. The van der Waals surface area contributed by atoms with E-state index < -0.39 is 11.9 Å². The standard InChI is InChI=1S/C18H16N4O5/c1-11-8-13(21-20-11)17(23)22-19-10-12-5-6-14(16(9-12)25-2)27-18(24)15-4-3-7-26-15/h3-10H,1-2H3,(H,20,21)(H,22,23). The van der Waals surface area contributed by atoms with Gasteiger partial charge in [-0.05, 0) is 48.9 Å². The van der Waals surface area contributed by atoms with E-state index in [4.69, 9.17) is 13.9 Å². The maximum atomic E-state index is 12.0. The van der Waals surface area contributed by atoms with E-state index in [2.05, 4.69) is 20.7 Å². The fourth-order valence-corrected chi connectivity index (χ4v) is 2.15. The highest BCUT2D eigenvalue weighted by Crippen LogP contribution is 2.28. The first kappa shape index (κ1) is 17.9. The number of carbonyl (C=O) groups is 2. The number of benzene rings is 1. The SMILES string of the molecule is COc1cc(C=NNC(=O)c2cc(C)[nH]n2)ccc1OC(=O)c1ccco1. The van der Waals surface area contributed by atoms with Gasteiger partial charge in [-0.1, -0.05) is 0 Å². The first-order valence-corrected chi connectivity index (χ1v) is 7.86. The van der Waals surface area contributed by atoms with Gasteiger partial charge in [0.1, 0.15) is 0 Å². The molecule has 0 saturated heterocycles. The number of nitrogens with zero attached hydrogens (tertiary/aromatic N) is 2. The Morgan fingerprint density at radius 2 is 2.11 bits per heavy atom. The molecule has 2 N–H and O–H groups in total. The fraction of sp³-hybridized carbons (Fsp3) is 0.111. The van der Waals surface area contributed by atoms with Crippen molar-refractivity contribution in [1.29, 1.82) is 0 Å². The molecule has 0 aliphatic heterocycles. The lowest BCUT2D eigenvalue weighted by molar-refractivity contribution is 0.0696. The summed E-state index contributed by atoms with van der Waals surface area (Å²) in [5.74, 6) is -0.438. The third kappa shape index (κ3) is 4.40. The van der Waals surface area contributed by atoms with E-state index in [-0.39, 0.29) is 17.2 Å². The predicted molar refractivity (Wildman–Crippen MR) is 95.0 cm³/mol. The molecular weight excluding hydrogens is 352 g/mol. The van der Waals surface area contributed by atoms with Crippen LogP contribution in [-0.2, 0) is 0 Å². The third-order valence-corrected chi connectivity index (χ3v) is 3.43. The van der Waals surface area contributed by atoms with Gasteiger partial charge in [-0.2, -0.15) is 10.2 Å². The zero-order valence-electron chi connectivity index (χ0n) is 14.6. The van der Waals surface area contributed by atoms with Crippen LogP contribution in [0.4, 0.5) is 0 Å². The summed E-state index contributed by atoms with van der Waals surface area (Å²) in [4.78, 5) is 23.8. The van der Waals surface area contributed by atoms with Crippen LogP contribution in [0, 0.1) is 6.92 Å². The van der Waals surface area contributed by atoms with Gasteiger partial charge in [0.2, 0.25) is 5.76 Å². The molecule has 0 spiro atoms. The summed E-state index contributed by atoms with van der Waals surface area (Å²) in [6, 6.07) is 9.52. The molecular formula is C18H16N4O5. The van der Waals surface area contributed by atoms with Crippen LogP contribution < -0.4 is 14.9 Å².